The normalized spacial score (nSPS) is 10.6. The molecule has 2 aromatic carbocycles. The highest BCUT2D eigenvalue weighted by molar-refractivity contribution is 5.88. The Kier molecular flexibility index (Phi) is 6.29. The lowest BCUT2D eigenvalue weighted by atomic mass is 10.1. The summed E-state index contributed by atoms with van der Waals surface area (Å²) in [6, 6.07) is 12.4. The fourth-order valence-electron chi connectivity index (χ4n) is 2.89. The second-order valence-corrected chi connectivity index (χ2v) is 6.69. The molecule has 0 aliphatic carbocycles. The van der Waals surface area contributed by atoms with Crippen molar-refractivity contribution < 1.29 is 19.4 Å². The molecule has 0 fully saturated rings. The zero-order chi connectivity index (χ0) is 20.8. The van der Waals surface area contributed by atoms with Gasteiger partial charge in [-0.05, 0) is 50.2 Å². The predicted octanol–water partition coefficient (Wildman–Crippen LogP) is 4.31. The van der Waals surface area contributed by atoms with E-state index >= 15 is 0 Å². The molecule has 29 heavy (non-hydrogen) atoms. The Morgan fingerprint density at radius 2 is 1.69 bits per heavy atom. The summed E-state index contributed by atoms with van der Waals surface area (Å²) in [6.45, 7) is 4.41. The molecule has 0 saturated heterocycles. The van der Waals surface area contributed by atoms with Gasteiger partial charge in [0.15, 0.2) is 11.5 Å². The van der Waals surface area contributed by atoms with Gasteiger partial charge in [0.25, 0.3) is 0 Å². The molecule has 0 aliphatic rings. The summed E-state index contributed by atoms with van der Waals surface area (Å²) in [6.07, 6.45) is 4.98. The van der Waals surface area contributed by atoms with Gasteiger partial charge in [0.2, 0.25) is 0 Å². The van der Waals surface area contributed by atoms with Crippen molar-refractivity contribution in [3.63, 3.8) is 0 Å². The lowest BCUT2D eigenvalue weighted by Gasteiger charge is -2.26. The SMILES string of the molecule is COc1ccc(N(Cc2cncnc2)c2ccc(C(=O)O)cc2)cc1OC(C)C. The Morgan fingerprint density at radius 3 is 2.28 bits per heavy atom. The molecular weight excluding hydrogens is 370 g/mol. The Balaban J connectivity index is 2.03. The van der Waals surface area contributed by atoms with Crippen LogP contribution in [0.4, 0.5) is 11.4 Å². The maximum Gasteiger partial charge on any atom is 0.335 e. The van der Waals surface area contributed by atoms with E-state index in [1.165, 1.54) is 6.33 Å². The number of methoxy groups -OCH3 is 1. The Hall–Kier alpha value is -3.61. The lowest BCUT2D eigenvalue weighted by molar-refractivity contribution is 0.0697. The van der Waals surface area contributed by atoms with Crippen molar-refractivity contribution in [2.45, 2.75) is 26.5 Å². The van der Waals surface area contributed by atoms with Gasteiger partial charge >= 0.3 is 5.97 Å². The van der Waals surface area contributed by atoms with E-state index in [1.54, 1.807) is 43.8 Å². The van der Waals surface area contributed by atoms with Crippen LogP contribution in [-0.2, 0) is 6.54 Å². The number of anilines is 2. The minimum absolute atomic E-state index is 0.00928. The molecule has 0 amide bonds. The molecular formula is C22H23N3O4. The highest BCUT2D eigenvalue weighted by atomic mass is 16.5. The first kappa shape index (κ1) is 20.1. The van der Waals surface area contributed by atoms with Gasteiger partial charge in [0.1, 0.15) is 6.33 Å². The van der Waals surface area contributed by atoms with Gasteiger partial charge in [-0.15, -0.1) is 0 Å². The van der Waals surface area contributed by atoms with Crippen molar-refractivity contribution in [1.29, 1.82) is 0 Å². The Morgan fingerprint density at radius 1 is 1.03 bits per heavy atom. The third-order valence-corrected chi connectivity index (χ3v) is 4.20. The van der Waals surface area contributed by atoms with E-state index in [1.807, 2.05) is 36.9 Å². The molecule has 0 unspecified atom stereocenters. The first-order valence-corrected chi connectivity index (χ1v) is 9.17. The number of benzene rings is 2. The second-order valence-electron chi connectivity index (χ2n) is 6.69. The van der Waals surface area contributed by atoms with Crippen molar-refractivity contribution >= 4 is 17.3 Å². The number of ether oxygens (including phenoxy) is 2. The van der Waals surface area contributed by atoms with Gasteiger partial charge in [-0.3, -0.25) is 0 Å². The number of aromatic carboxylic acids is 1. The molecule has 1 N–H and O–H groups in total. The highest BCUT2D eigenvalue weighted by Gasteiger charge is 2.16. The smallest absolute Gasteiger partial charge is 0.335 e. The standard InChI is InChI=1S/C22H23N3O4/c1-15(2)29-21-10-19(8-9-20(21)28-3)25(13-16-11-23-14-24-12-16)18-6-4-17(5-7-18)22(26)27/h4-12,14-15H,13H2,1-3H3,(H,26,27). The van der Waals surface area contributed by atoms with E-state index in [-0.39, 0.29) is 11.7 Å². The fraction of sp³-hybridized carbons (Fsp3) is 0.227. The number of hydrogen-bond acceptors (Lipinski definition) is 6. The van der Waals surface area contributed by atoms with Crippen LogP contribution in [0.5, 0.6) is 11.5 Å². The molecule has 0 radical (unpaired) electrons. The summed E-state index contributed by atoms with van der Waals surface area (Å²) in [5, 5.41) is 9.18. The van der Waals surface area contributed by atoms with Crippen molar-refractivity contribution in [2.24, 2.45) is 0 Å². The summed E-state index contributed by atoms with van der Waals surface area (Å²) in [5.41, 5.74) is 2.85. The largest absolute Gasteiger partial charge is 0.493 e. The monoisotopic (exact) mass is 393 g/mol. The number of carbonyl (C=O) groups is 1. The highest BCUT2D eigenvalue weighted by Crippen LogP contribution is 2.36. The van der Waals surface area contributed by atoms with E-state index in [0.29, 0.717) is 18.0 Å². The molecule has 0 saturated carbocycles. The number of carboxylic acids is 1. The number of carboxylic acid groups (broad SMARTS) is 1. The van der Waals surface area contributed by atoms with Gasteiger partial charge in [0.05, 0.1) is 25.3 Å². The van der Waals surface area contributed by atoms with Gasteiger partial charge in [0, 0.05) is 35.4 Å². The number of hydrogen-bond donors (Lipinski definition) is 1. The zero-order valence-electron chi connectivity index (χ0n) is 16.6. The predicted molar refractivity (Wildman–Crippen MR) is 110 cm³/mol. The first-order valence-electron chi connectivity index (χ1n) is 9.17. The summed E-state index contributed by atoms with van der Waals surface area (Å²) in [5.74, 6) is 0.319. The van der Waals surface area contributed by atoms with Crippen LogP contribution in [-0.4, -0.2) is 34.3 Å². The zero-order valence-corrected chi connectivity index (χ0v) is 16.6. The summed E-state index contributed by atoms with van der Waals surface area (Å²) < 4.78 is 11.3. The minimum atomic E-state index is -0.961. The van der Waals surface area contributed by atoms with E-state index < -0.39 is 5.97 Å². The molecule has 3 rings (SSSR count). The minimum Gasteiger partial charge on any atom is -0.493 e. The molecule has 1 aromatic heterocycles. The van der Waals surface area contributed by atoms with Crippen LogP contribution < -0.4 is 14.4 Å². The fourth-order valence-corrected chi connectivity index (χ4v) is 2.89. The number of aromatic nitrogens is 2. The van der Waals surface area contributed by atoms with Crippen LogP contribution in [0.1, 0.15) is 29.8 Å². The Bertz CT molecular complexity index is 960. The van der Waals surface area contributed by atoms with Crippen molar-refractivity contribution in [2.75, 3.05) is 12.0 Å². The molecule has 7 heteroatoms. The number of rotatable bonds is 8. The van der Waals surface area contributed by atoms with Crippen LogP contribution in [0.3, 0.4) is 0 Å². The van der Waals surface area contributed by atoms with E-state index in [0.717, 1.165) is 16.9 Å². The maximum atomic E-state index is 11.2. The average Bonchev–Trinajstić information content (AvgIpc) is 2.72. The van der Waals surface area contributed by atoms with Crippen molar-refractivity contribution in [3.8, 4) is 11.5 Å². The lowest BCUT2D eigenvalue weighted by Crippen LogP contribution is -2.17. The number of nitrogens with zero attached hydrogens (tertiary/aromatic N) is 3. The van der Waals surface area contributed by atoms with E-state index in [4.69, 9.17) is 9.47 Å². The third kappa shape index (κ3) is 5.01. The molecule has 7 nitrogen and oxygen atoms in total. The van der Waals surface area contributed by atoms with Gasteiger partial charge < -0.3 is 19.5 Å². The van der Waals surface area contributed by atoms with E-state index in [9.17, 15) is 9.90 Å². The topological polar surface area (TPSA) is 84.8 Å². The maximum absolute atomic E-state index is 11.2. The van der Waals surface area contributed by atoms with Crippen LogP contribution in [0.15, 0.2) is 61.2 Å². The molecule has 1 heterocycles. The Labute approximate surface area is 169 Å². The molecule has 0 bridgehead atoms. The average molecular weight is 393 g/mol. The van der Waals surface area contributed by atoms with Crippen molar-refractivity contribution in [3.05, 3.63) is 72.3 Å². The van der Waals surface area contributed by atoms with Gasteiger partial charge in [-0.25, -0.2) is 14.8 Å². The molecule has 0 aliphatic heterocycles. The van der Waals surface area contributed by atoms with E-state index in [2.05, 4.69) is 9.97 Å². The summed E-state index contributed by atoms with van der Waals surface area (Å²) in [4.78, 5) is 21.4. The second kappa shape index (κ2) is 9.05. The summed E-state index contributed by atoms with van der Waals surface area (Å²) >= 11 is 0. The third-order valence-electron chi connectivity index (χ3n) is 4.20. The van der Waals surface area contributed by atoms with Crippen LogP contribution in [0, 0.1) is 0 Å². The molecule has 3 aromatic rings. The van der Waals surface area contributed by atoms with Gasteiger partial charge in [-0.2, -0.15) is 0 Å². The van der Waals surface area contributed by atoms with Crippen LogP contribution in [0.25, 0.3) is 0 Å². The van der Waals surface area contributed by atoms with Crippen molar-refractivity contribution in [1.82, 2.24) is 9.97 Å². The summed E-state index contributed by atoms with van der Waals surface area (Å²) in [7, 11) is 1.60. The molecule has 150 valence electrons. The van der Waals surface area contributed by atoms with Crippen LogP contribution >= 0.6 is 0 Å². The molecule has 0 spiro atoms. The van der Waals surface area contributed by atoms with Gasteiger partial charge in [-0.1, -0.05) is 0 Å². The van der Waals surface area contributed by atoms with Crippen LogP contribution in [0.2, 0.25) is 0 Å². The quantitative estimate of drug-likeness (QED) is 0.610. The molecule has 0 atom stereocenters. The first-order chi connectivity index (χ1) is 14.0.